The number of rotatable bonds is 4. The minimum Gasteiger partial charge on any atom is -0.396 e. The van der Waals surface area contributed by atoms with E-state index in [4.69, 9.17) is 5.11 Å². The number of urea groups is 1. The van der Waals surface area contributed by atoms with Crippen molar-refractivity contribution < 1.29 is 9.90 Å². The van der Waals surface area contributed by atoms with Crippen molar-refractivity contribution in [2.75, 3.05) is 19.7 Å². The first-order valence-electron chi connectivity index (χ1n) is 7.90. The Morgan fingerprint density at radius 1 is 1.43 bits per heavy atom. The van der Waals surface area contributed by atoms with E-state index in [9.17, 15) is 4.79 Å². The molecule has 0 saturated carbocycles. The third-order valence-corrected chi connectivity index (χ3v) is 4.27. The van der Waals surface area contributed by atoms with Gasteiger partial charge in [-0.1, -0.05) is 18.2 Å². The van der Waals surface area contributed by atoms with Crippen LogP contribution in [0.2, 0.25) is 0 Å². The lowest BCUT2D eigenvalue weighted by Gasteiger charge is -2.16. The normalized spacial score (nSPS) is 17.5. The number of amides is 2. The van der Waals surface area contributed by atoms with Crippen LogP contribution in [0, 0.1) is 12.8 Å². The predicted molar refractivity (Wildman–Crippen MR) is 87.3 cm³/mol. The lowest BCUT2D eigenvalue weighted by molar-refractivity contribution is 0.198. The van der Waals surface area contributed by atoms with E-state index in [1.54, 1.807) is 11.1 Å². The van der Waals surface area contributed by atoms with Gasteiger partial charge in [0.05, 0.1) is 11.9 Å². The summed E-state index contributed by atoms with van der Waals surface area (Å²) in [6.45, 7) is 3.98. The summed E-state index contributed by atoms with van der Waals surface area (Å²) in [5, 5.41) is 16.4. The first kappa shape index (κ1) is 15.6. The Kier molecular flexibility index (Phi) is 4.62. The molecular formula is C17H22N4O2. The van der Waals surface area contributed by atoms with Gasteiger partial charge in [0.15, 0.2) is 0 Å². The minimum atomic E-state index is -0.0791. The van der Waals surface area contributed by atoms with Gasteiger partial charge in [-0.05, 0) is 25.0 Å². The van der Waals surface area contributed by atoms with E-state index in [1.165, 1.54) is 0 Å². The van der Waals surface area contributed by atoms with Crippen molar-refractivity contribution in [1.29, 1.82) is 0 Å². The minimum absolute atomic E-state index is 0.0791. The number of aromatic nitrogens is 2. The van der Waals surface area contributed by atoms with Crippen molar-refractivity contribution in [2.45, 2.75) is 19.9 Å². The van der Waals surface area contributed by atoms with Crippen molar-refractivity contribution in [3.05, 3.63) is 47.8 Å². The van der Waals surface area contributed by atoms with E-state index in [0.717, 1.165) is 23.2 Å². The molecule has 6 nitrogen and oxygen atoms in total. The van der Waals surface area contributed by atoms with Gasteiger partial charge in [-0.15, -0.1) is 0 Å². The quantitative estimate of drug-likeness (QED) is 0.902. The number of aryl methyl sites for hydroxylation is 1. The number of aliphatic hydroxyl groups excluding tert-OH is 1. The highest BCUT2D eigenvalue weighted by molar-refractivity contribution is 5.74. The summed E-state index contributed by atoms with van der Waals surface area (Å²) >= 11 is 0. The van der Waals surface area contributed by atoms with Crippen LogP contribution in [0.1, 0.15) is 17.5 Å². The summed E-state index contributed by atoms with van der Waals surface area (Å²) < 4.78 is 1.83. The molecular weight excluding hydrogens is 292 g/mol. The largest absolute Gasteiger partial charge is 0.396 e. The van der Waals surface area contributed by atoms with Gasteiger partial charge in [0.25, 0.3) is 0 Å². The van der Waals surface area contributed by atoms with Crippen LogP contribution in [0.5, 0.6) is 0 Å². The second kappa shape index (κ2) is 6.83. The number of likely N-dealkylation sites (tertiary alicyclic amines) is 1. The van der Waals surface area contributed by atoms with Crippen LogP contribution in [-0.4, -0.2) is 45.5 Å². The molecule has 0 radical (unpaired) electrons. The molecule has 1 aromatic carbocycles. The van der Waals surface area contributed by atoms with Gasteiger partial charge >= 0.3 is 6.03 Å². The van der Waals surface area contributed by atoms with Crippen LogP contribution in [0.3, 0.4) is 0 Å². The Labute approximate surface area is 135 Å². The number of nitrogens with zero attached hydrogens (tertiary/aromatic N) is 3. The monoisotopic (exact) mass is 314 g/mol. The van der Waals surface area contributed by atoms with Gasteiger partial charge in [-0.2, -0.15) is 5.10 Å². The zero-order valence-electron chi connectivity index (χ0n) is 13.3. The van der Waals surface area contributed by atoms with E-state index in [1.807, 2.05) is 42.1 Å². The van der Waals surface area contributed by atoms with Crippen molar-refractivity contribution >= 4 is 6.03 Å². The molecule has 0 aliphatic carbocycles. The standard InChI is InChI=1S/C17H22N4O2/c1-13-4-2-3-5-16(13)21-11-15(9-19-21)8-18-17(23)20-7-6-14(10-20)12-22/h2-5,9,11,14,22H,6-8,10,12H2,1H3,(H,18,23)/t14-/m1/s1. The molecule has 1 atom stereocenters. The molecule has 1 aromatic heterocycles. The fourth-order valence-corrected chi connectivity index (χ4v) is 2.86. The maximum atomic E-state index is 12.1. The average Bonchev–Trinajstić information content (AvgIpc) is 3.22. The Bertz CT molecular complexity index is 683. The summed E-state index contributed by atoms with van der Waals surface area (Å²) in [7, 11) is 0. The van der Waals surface area contributed by atoms with E-state index < -0.39 is 0 Å². The molecule has 0 spiro atoms. The Hall–Kier alpha value is -2.34. The second-order valence-electron chi connectivity index (χ2n) is 6.02. The zero-order valence-corrected chi connectivity index (χ0v) is 13.3. The van der Waals surface area contributed by atoms with Gasteiger partial charge in [0, 0.05) is 43.9 Å². The van der Waals surface area contributed by atoms with Crippen molar-refractivity contribution in [2.24, 2.45) is 5.92 Å². The molecule has 2 aromatic rings. The van der Waals surface area contributed by atoms with E-state index in [0.29, 0.717) is 19.6 Å². The topological polar surface area (TPSA) is 70.4 Å². The summed E-state index contributed by atoms with van der Waals surface area (Å²) in [6.07, 6.45) is 4.57. The van der Waals surface area contributed by atoms with E-state index in [-0.39, 0.29) is 18.6 Å². The molecule has 1 aliphatic heterocycles. The third kappa shape index (κ3) is 3.53. The van der Waals surface area contributed by atoms with Crippen molar-refractivity contribution in [3.63, 3.8) is 0 Å². The smallest absolute Gasteiger partial charge is 0.317 e. The number of para-hydroxylation sites is 1. The molecule has 122 valence electrons. The molecule has 23 heavy (non-hydrogen) atoms. The van der Waals surface area contributed by atoms with Crippen LogP contribution in [0.25, 0.3) is 5.69 Å². The molecule has 2 heterocycles. The average molecular weight is 314 g/mol. The predicted octanol–water partition coefficient (Wildman–Crippen LogP) is 1.70. The Balaban J connectivity index is 1.58. The van der Waals surface area contributed by atoms with Gasteiger partial charge in [0.2, 0.25) is 0 Å². The van der Waals surface area contributed by atoms with Crippen LogP contribution in [0.15, 0.2) is 36.7 Å². The zero-order chi connectivity index (χ0) is 16.2. The number of aliphatic hydroxyl groups is 1. The number of hydrogen-bond donors (Lipinski definition) is 2. The third-order valence-electron chi connectivity index (χ3n) is 4.27. The van der Waals surface area contributed by atoms with E-state index >= 15 is 0 Å². The fraction of sp³-hybridized carbons (Fsp3) is 0.412. The molecule has 0 bridgehead atoms. The van der Waals surface area contributed by atoms with Crippen LogP contribution < -0.4 is 5.32 Å². The molecule has 1 fully saturated rings. The number of carbonyl (C=O) groups is 1. The van der Waals surface area contributed by atoms with Crippen molar-refractivity contribution in [3.8, 4) is 5.69 Å². The maximum Gasteiger partial charge on any atom is 0.317 e. The van der Waals surface area contributed by atoms with Crippen LogP contribution in [0.4, 0.5) is 4.79 Å². The number of hydrogen-bond acceptors (Lipinski definition) is 3. The summed E-state index contributed by atoms with van der Waals surface area (Å²) in [5.74, 6) is 0.213. The Morgan fingerprint density at radius 3 is 3.00 bits per heavy atom. The van der Waals surface area contributed by atoms with Crippen molar-refractivity contribution in [1.82, 2.24) is 20.0 Å². The highest BCUT2D eigenvalue weighted by Gasteiger charge is 2.25. The fourth-order valence-electron chi connectivity index (χ4n) is 2.86. The first-order valence-corrected chi connectivity index (χ1v) is 7.90. The van der Waals surface area contributed by atoms with Crippen LogP contribution in [-0.2, 0) is 6.54 Å². The lowest BCUT2D eigenvalue weighted by Crippen LogP contribution is -2.38. The lowest BCUT2D eigenvalue weighted by atomic mass is 10.1. The SMILES string of the molecule is Cc1ccccc1-n1cc(CNC(=O)N2CC[C@@H](CO)C2)cn1. The number of carbonyl (C=O) groups excluding carboxylic acids is 1. The van der Waals surface area contributed by atoms with Gasteiger partial charge in [-0.25, -0.2) is 9.48 Å². The van der Waals surface area contributed by atoms with Crippen LogP contribution >= 0.6 is 0 Å². The molecule has 3 rings (SSSR count). The van der Waals surface area contributed by atoms with Gasteiger partial charge in [0.1, 0.15) is 0 Å². The number of nitrogens with one attached hydrogen (secondary N) is 1. The molecule has 1 aliphatic rings. The molecule has 2 amide bonds. The van der Waals surface area contributed by atoms with Gasteiger partial charge < -0.3 is 15.3 Å². The molecule has 2 N–H and O–H groups in total. The maximum absolute atomic E-state index is 12.1. The molecule has 1 saturated heterocycles. The van der Waals surface area contributed by atoms with E-state index in [2.05, 4.69) is 10.4 Å². The summed E-state index contributed by atoms with van der Waals surface area (Å²) in [5.41, 5.74) is 3.15. The highest BCUT2D eigenvalue weighted by Crippen LogP contribution is 2.16. The highest BCUT2D eigenvalue weighted by atomic mass is 16.3. The van der Waals surface area contributed by atoms with Gasteiger partial charge in [-0.3, -0.25) is 0 Å². The first-order chi connectivity index (χ1) is 11.2. The Morgan fingerprint density at radius 2 is 2.26 bits per heavy atom. The summed E-state index contributed by atoms with van der Waals surface area (Å²) in [6, 6.07) is 7.97. The molecule has 0 unspecified atom stereocenters. The molecule has 6 heteroatoms. The number of benzene rings is 1. The summed E-state index contributed by atoms with van der Waals surface area (Å²) in [4.78, 5) is 13.9. The second-order valence-corrected chi connectivity index (χ2v) is 6.02.